The first-order valence-corrected chi connectivity index (χ1v) is 8.67. The van der Waals surface area contributed by atoms with E-state index in [1.165, 1.54) is 11.3 Å². The number of nitrogens with zero attached hydrogens (tertiary/aromatic N) is 1. The van der Waals surface area contributed by atoms with Crippen molar-refractivity contribution < 1.29 is 8.42 Å². The predicted molar refractivity (Wildman–Crippen MR) is 83.3 cm³/mol. The highest BCUT2D eigenvalue weighted by molar-refractivity contribution is 7.92. The molecule has 1 aromatic heterocycles. The lowest BCUT2D eigenvalue weighted by Gasteiger charge is -2.05. The summed E-state index contributed by atoms with van der Waals surface area (Å²) < 4.78 is 26.7. The van der Waals surface area contributed by atoms with Gasteiger partial charge in [-0.05, 0) is 31.0 Å². The largest absolute Gasteiger partial charge is 0.399 e. The Morgan fingerprint density at radius 3 is 2.75 bits per heavy atom. The molecule has 0 bridgehead atoms. The Morgan fingerprint density at radius 2 is 2.15 bits per heavy atom. The number of nitrogen functional groups attached to an aromatic ring is 1. The van der Waals surface area contributed by atoms with Gasteiger partial charge in [-0.1, -0.05) is 19.1 Å². The monoisotopic (exact) mass is 311 g/mol. The van der Waals surface area contributed by atoms with Gasteiger partial charge in [0.15, 0.2) is 5.13 Å². The number of rotatable bonds is 5. The molecule has 0 saturated heterocycles. The topological polar surface area (TPSA) is 85.1 Å². The van der Waals surface area contributed by atoms with Crippen molar-refractivity contribution in [2.75, 3.05) is 10.5 Å². The molecule has 0 spiro atoms. The molecular formula is C13H17N3O2S2. The molecule has 3 N–H and O–H groups in total. The first-order chi connectivity index (χ1) is 9.39. The number of thiazole rings is 1. The number of nitrogens with one attached hydrogen (secondary N) is 1. The third-order valence-corrected chi connectivity index (χ3v) is 5.05. The highest BCUT2D eigenvalue weighted by Crippen LogP contribution is 2.24. The van der Waals surface area contributed by atoms with Crippen LogP contribution in [0.3, 0.4) is 0 Å². The van der Waals surface area contributed by atoms with Crippen molar-refractivity contribution >= 4 is 32.2 Å². The van der Waals surface area contributed by atoms with E-state index >= 15 is 0 Å². The molecule has 0 unspecified atom stereocenters. The molecule has 0 aliphatic rings. The summed E-state index contributed by atoms with van der Waals surface area (Å²) >= 11 is 1.35. The number of benzene rings is 1. The van der Waals surface area contributed by atoms with Crippen molar-refractivity contribution in [2.45, 2.75) is 26.0 Å². The fourth-order valence-corrected chi connectivity index (χ4v) is 4.17. The van der Waals surface area contributed by atoms with Crippen molar-refractivity contribution in [1.82, 2.24) is 4.98 Å². The Kier molecular flexibility index (Phi) is 4.29. The third kappa shape index (κ3) is 3.71. The van der Waals surface area contributed by atoms with Gasteiger partial charge in [-0.2, -0.15) is 0 Å². The van der Waals surface area contributed by atoms with Gasteiger partial charge in [0.2, 0.25) is 10.0 Å². The van der Waals surface area contributed by atoms with Crippen molar-refractivity contribution in [3.63, 3.8) is 0 Å². The van der Waals surface area contributed by atoms with Crippen LogP contribution in [-0.4, -0.2) is 13.4 Å². The van der Waals surface area contributed by atoms with Crippen LogP contribution in [0.1, 0.15) is 23.1 Å². The number of anilines is 2. The van der Waals surface area contributed by atoms with Crippen LogP contribution in [0.5, 0.6) is 0 Å². The second-order valence-electron chi connectivity index (χ2n) is 4.48. The van der Waals surface area contributed by atoms with Crippen LogP contribution in [-0.2, 0) is 22.2 Å². The third-order valence-electron chi connectivity index (χ3n) is 2.78. The van der Waals surface area contributed by atoms with Crippen LogP contribution < -0.4 is 10.5 Å². The Morgan fingerprint density at radius 1 is 1.40 bits per heavy atom. The second-order valence-corrected chi connectivity index (χ2v) is 7.41. The van der Waals surface area contributed by atoms with Crippen LogP contribution in [0, 0.1) is 6.92 Å². The van der Waals surface area contributed by atoms with Crippen molar-refractivity contribution in [1.29, 1.82) is 0 Å². The molecule has 0 fully saturated rings. The highest BCUT2D eigenvalue weighted by Gasteiger charge is 2.15. The Bertz CT molecular complexity index is 708. The van der Waals surface area contributed by atoms with E-state index in [4.69, 9.17) is 5.73 Å². The van der Waals surface area contributed by atoms with E-state index in [9.17, 15) is 8.42 Å². The molecule has 7 heteroatoms. The van der Waals surface area contributed by atoms with E-state index in [2.05, 4.69) is 9.71 Å². The van der Waals surface area contributed by atoms with Crippen LogP contribution >= 0.6 is 11.3 Å². The summed E-state index contributed by atoms with van der Waals surface area (Å²) in [5.74, 6) is -0.113. The highest BCUT2D eigenvalue weighted by atomic mass is 32.2. The minimum Gasteiger partial charge on any atom is -0.399 e. The summed E-state index contributed by atoms with van der Waals surface area (Å²) in [5.41, 5.74) is 7.78. The Labute approximate surface area is 122 Å². The first-order valence-electron chi connectivity index (χ1n) is 6.21. The maximum absolute atomic E-state index is 12.1. The van der Waals surface area contributed by atoms with Gasteiger partial charge in [0.05, 0.1) is 11.4 Å². The average Bonchev–Trinajstić information content (AvgIpc) is 2.67. The molecule has 0 atom stereocenters. The lowest BCUT2D eigenvalue weighted by atomic mass is 10.2. The zero-order valence-electron chi connectivity index (χ0n) is 11.4. The van der Waals surface area contributed by atoms with E-state index in [-0.39, 0.29) is 5.75 Å². The van der Waals surface area contributed by atoms with Crippen LogP contribution in [0.15, 0.2) is 24.3 Å². The van der Waals surface area contributed by atoms with Crippen LogP contribution in [0.4, 0.5) is 10.8 Å². The van der Waals surface area contributed by atoms with E-state index < -0.39 is 10.0 Å². The summed E-state index contributed by atoms with van der Waals surface area (Å²) in [6, 6.07) is 6.86. The van der Waals surface area contributed by atoms with Crippen molar-refractivity contribution in [3.05, 3.63) is 40.4 Å². The standard InChI is InChI=1S/C13H17N3O2S2/c1-3-12-9(2)19-13(15-12)16-20(17,18)8-10-5-4-6-11(14)7-10/h4-7H,3,8,14H2,1-2H3,(H,15,16). The molecule has 2 aromatic rings. The minimum absolute atomic E-state index is 0.113. The molecular weight excluding hydrogens is 294 g/mol. The quantitative estimate of drug-likeness (QED) is 0.831. The maximum atomic E-state index is 12.1. The summed E-state index contributed by atoms with van der Waals surface area (Å²) in [4.78, 5) is 5.31. The zero-order chi connectivity index (χ0) is 14.8. The summed E-state index contributed by atoms with van der Waals surface area (Å²) in [6.07, 6.45) is 0.791. The van der Waals surface area contributed by atoms with Gasteiger partial charge in [-0.3, -0.25) is 4.72 Å². The van der Waals surface area contributed by atoms with Gasteiger partial charge >= 0.3 is 0 Å². The summed E-state index contributed by atoms with van der Waals surface area (Å²) in [6.45, 7) is 3.93. The minimum atomic E-state index is -3.47. The van der Waals surface area contributed by atoms with E-state index in [1.54, 1.807) is 24.3 Å². The van der Waals surface area contributed by atoms with E-state index in [1.807, 2.05) is 13.8 Å². The molecule has 0 saturated carbocycles. The maximum Gasteiger partial charge on any atom is 0.238 e. The van der Waals surface area contributed by atoms with Crippen LogP contribution in [0.2, 0.25) is 0 Å². The number of aryl methyl sites for hydroxylation is 2. The number of aromatic nitrogens is 1. The summed E-state index contributed by atoms with van der Waals surface area (Å²) in [5, 5.41) is 0.420. The van der Waals surface area contributed by atoms with Crippen LogP contribution in [0.25, 0.3) is 0 Å². The second kappa shape index (κ2) is 5.80. The lowest BCUT2D eigenvalue weighted by molar-refractivity contribution is 0.600. The van der Waals surface area contributed by atoms with E-state index in [0.29, 0.717) is 16.4 Å². The number of sulfonamides is 1. The smallest absolute Gasteiger partial charge is 0.238 e. The van der Waals surface area contributed by atoms with Gasteiger partial charge in [-0.25, -0.2) is 13.4 Å². The van der Waals surface area contributed by atoms with Gasteiger partial charge < -0.3 is 5.73 Å². The predicted octanol–water partition coefficient (Wildman–Crippen LogP) is 2.54. The molecule has 5 nitrogen and oxygen atoms in total. The van der Waals surface area contributed by atoms with Gasteiger partial charge in [0.1, 0.15) is 0 Å². The van der Waals surface area contributed by atoms with Gasteiger partial charge in [0, 0.05) is 10.6 Å². The Hall–Kier alpha value is -1.60. The SMILES string of the molecule is CCc1nc(NS(=O)(=O)Cc2cccc(N)c2)sc1C. The Balaban J connectivity index is 2.14. The number of hydrogen-bond acceptors (Lipinski definition) is 5. The molecule has 108 valence electrons. The average molecular weight is 311 g/mol. The molecule has 0 amide bonds. The molecule has 0 aliphatic heterocycles. The van der Waals surface area contributed by atoms with Gasteiger partial charge in [-0.15, -0.1) is 11.3 Å². The van der Waals surface area contributed by atoms with Crippen molar-refractivity contribution in [3.8, 4) is 0 Å². The number of nitrogens with two attached hydrogens (primary N) is 1. The zero-order valence-corrected chi connectivity index (χ0v) is 13.0. The molecule has 2 rings (SSSR count). The fourth-order valence-electron chi connectivity index (χ4n) is 1.87. The van der Waals surface area contributed by atoms with Gasteiger partial charge in [0.25, 0.3) is 0 Å². The number of hydrogen-bond donors (Lipinski definition) is 2. The first kappa shape index (κ1) is 14.8. The molecule has 0 aliphatic carbocycles. The normalized spacial score (nSPS) is 11.5. The van der Waals surface area contributed by atoms with E-state index in [0.717, 1.165) is 17.0 Å². The lowest BCUT2D eigenvalue weighted by Crippen LogP contribution is -2.15. The molecule has 20 heavy (non-hydrogen) atoms. The fraction of sp³-hybridized carbons (Fsp3) is 0.308. The van der Waals surface area contributed by atoms with Crippen molar-refractivity contribution in [2.24, 2.45) is 0 Å². The molecule has 1 aromatic carbocycles. The molecule has 1 heterocycles. The molecule has 0 radical (unpaired) electrons. The summed E-state index contributed by atoms with van der Waals surface area (Å²) in [7, 11) is -3.47.